The zero-order valence-electron chi connectivity index (χ0n) is 13.9. The van der Waals surface area contributed by atoms with Crippen molar-refractivity contribution in [3.05, 3.63) is 29.6 Å². The molecule has 0 aliphatic carbocycles. The lowest BCUT2D eigenvalue weighted by atomic mass is 9.96. The molecule has 1 aliphatic rings. The van der Waals surface area contributed by atoms with Crippen LogP contribution in [0.3, 0.4) is 0 Å². The molecule has 0 saturated carbocycles. The van der Waals surface area contributed by atoms with Crippen molar-refractivity contribution in [1.82, 2.24) is 15.2 Å². The van der Waals surface area contributed by atoms with Gasteiger partial charge in [0.05, 0.1) is 12.5 Å². The average molecular weight is 319 g/mol. The average Bonchev–Trinajstić information content (AvgIpc) is 2.55. The van der Waals surface area contributed by atoms with Crippen LogP contribution in [0, 0.1) is 12.8 Å². The highest BCUT2D eigenvalue weighted by Crippen LogP contribution is 2.17. The molecule has 2 amide bonds. The summed E-state index contributed by atoms with van der Waals surface area (Å²) in [6.07, 6.45) is 3.54. The van der Waals surface area contributed by atoms with Gasteiger partial charge in [0.2, 0.25) is 11.8 Å². The highest BCUT2D eigenvalue weighted by Gasteiger charge is 2.29. The van der Waals surface area contributed by atoms with Crippen molar-refractivity contribution in [2.45, 2.75) is 26.2 Å². The molecule has 1 aromatic heterocycles. The van der Waals surface area contributed by atoms with E-state index >= 15 is 0 Å². The van der Waals surface area contributed by atoms with Crippen LogP contribution in [-0.4, -0.2) is 55.0 Å². The van der Waals surface area contributed by atoms with Crippen LogP contribution in [0.5, 0.6) is 0 Å². The number of methoxy groups -OCH3 is 1. The minimum atomic E-state index is -0.130. The molecule has 0 radical (unpaired) electrons. The highest BCUT2D eigenvalue weighted by molar-refractivity contribution is 5.83. The molecule has 1 aliphatic heterocycles. The Morgan fingerprint density at radius 3 is 3.09 bits per heavy atom. The Labute approximate surface area is 137 Å². The molecule has 2 rings (SSSR count). The van der Waals surface area contributed by atoms with E-state index in [9.17, 15) is 9.59 Å². The molecule has 1 saturated heterocycles. The van der Waals surface area contributed by atoms with E-state index in [2.05, 4.69) is 10.3 Å². The second kappa shape index (κ2) is 8.62. The van der Waals surface area contributed by atoms with Crippen LogP contribution in [0.1, 0.15) is 24.1 Å². The number of ether oxygens (including phenoxy) is 1. The molecule has 1 N–H and O–H groups in total. The maximum Gasteiger partial charge on any atom is 0.224 e. The minimum absolute atomic E-state index is 0.0218. The number of piperidine rings is 1. The van der Waals surface area contributed by atoms with Gasteiger partial charge in [0, 0.05) is 51.5 Å². The lowest BCUT2D eigenvalue weighted by molar-refractivity contribution is -0.138. The van der Waals surface area contributed by atoms with Crippen LogP contribution in [0.15, 0.2) is 18.3 Å². The van der Waals surface area contributed by atoms with Gasteiger partial charge in [0.15, 0.2) is 0 Å². The molecule has 6 nitrogen and oxygen atoms in total. The van der Waals surface area contributed by atoms with E-state index < -0.39 is 0 Å². The zero-order chi connectivity index (χ0) is 16.7. The summed E-state index contributed by atoms with van der Waals surface area (Å²) >= 11 is 0. The molecule has 0 aromatic carbocycles. The second-order valence-corrected chi connectivity index (χ2v) is 5.88. The van der Waals surface area contributed by atoms with Crippen molar-refractivity contribution in [2.75, 3.05) is 33.4 Å². The van der Waals surface area contributed by atoms with E-state index in [-0.39, 0.29) is 17.7 Å². The van der Waals surface area contributed by atoms with Gasteiger partial charge in [0.25, 0.3) is 0 Å². The SMILES string of the molecule is COCCN1CC(C(=O)NCCc2ncccc2C)CCC1=O. The summed E-state index contributed by atoms with van der Waals surface area (Å²) in [4.78, 5) is 30.2. The number of carbonyl (C=O) groups is 2. The van der Waals surface area contributed by atoms with Crippen LogP contribution in [0.2, 0.25) is 0 Å². The van der Waals surface area contributed by atoms with E-state index in [4.69, 9.17) is 4.74 Å². The lowest BCUT2D eigenvalue weighted by Crippen LogP contribution is -2.47. The Kier molecular flexibility index (Phi) is 6.52. The maximum absolute atomic E-state index is 12.3. The van der Waals surface area contributed by atoms with E-state index in [1.807, 2.05) is 19.1 Å². The maximum atomic E-state index is 12.3. The number of nitrogens with one attached hydrogen (secondary N) is 1. The normalized spacial score (nSPS) is 18.1. The number of likely N-dealkylation sites (tertiary alicyclic amines) is 1. The second-order valence-electron chi connectivity index (χ2n) is 5.88. The lowest BCUT2D eigenvalue weighted by Gasteiger charge is -2.31. The van der Waals surface area contributed by atoms with E-state index in [0.29, 0.717) is 39.1 Å². The number of pyridine rings is 1. The number of aryl methyl sites for hydroxylation is 1. The molecule has 0 bridgehead atoms. The number of rotatable bonds is 7. The fourth-order valence-electron chi connectivity index (χ4n) is 2.77. The molecule has 1 fully saturated rings. The van der Waals surface area contributed by atoms with Gasteiger partial charge in [-0.2, -0.15) is 0 Å². The van der Waals surface area contributed by atoms with Crippen LogP contribution in [0.4, 0.5) is 0 Å². The molecule has 6 heteroatoms. The molecule has 1 unspecified atom stereocenters. The van der Waals surface area contributed by atoms with Crippen molar-refractivity contribution >= 4 is 11.8 Å². The summed E-state index contributed by atoms with van der Waals surface area (Å²) in [5.41, 5.74) is 2.14. The monoisotopic (exact) mass is 319 g/mol. The largest absolute Gasteiger partial charge is 0.383 e. The molecule has 23 heavy (non-hydrogen) atoms. The third-order valence-corrected chi connectivity index (χ3v) is 4.22. The standard InChI is InChI=1S/C17H25N3O3/c1-13-4-3-8-18-15(13)7-9-19-17(22)14-5-6-16(21)20(12-14)10-11-23-2/h3-4,8,14H,5-7,9-12H2,1-2H3,(H,19,22). The zero-order valence-corrected chi connectivity index (χ0v) is 13.9. The predicted octanol–water partition coefficient (Wildman–Crippen LogP) is 0.934. The van der Waals surface area contributed by atoms with Gasteiger partial charge in [-0.3, -0.25) is 14.6 Å². The van der Waals surface area contributed by atoms with Crippen LogP contribution >= 0.6 is 0 Å². The fourth-order valence-corrected chi connectivity index (χ4v) is 2.77. The first-order valence-corrected chi connectivity index (χ1v) is 8.06. The van der Waals surface area contributed by atoms with Crippen molar-refractivity contribution in [2.24, 2.45) is 5.92 Å². The first-order chi connectivity index (χ1) is 11.1. The van der Waals surface area contributed by atoms with Crippen LogP contribution < -0.4 is 5.32 Å². The predicted molar refractivity (Wildman–Crippen MR) is 86.9 cm³/mol. The number of hydrogen-bond acceptors (Lipinski definition) is 4. The molecular formula is C17H25N3O3. The minimum Gasteiger partial charge on any atom is -0.383 e. The Bertz CT molecular complexity index is 548. The number of carbonyl (C=O) groups excluding carboxylic acids is 2. The topological polar surface area (TPSA) is 71.5 Å². The summed E-state index contributed by atoms with van der Waals surface area (Å²) in [7, 11) is 1.61. The van der Waals surface area contributed by atoms with Gasteiger partial charge < -0.3 is 15.0 Å². The smallest absolute Gasteiger partial charge is 0.224 e. The molecule has 2 heterocycles. The van der Waals surface area contributed by atoms with Gasteiger partial charge in [-0.15, -0.1) is 0 Å². The summed E-state index contributed by atoms with van der Waals surface area (Å²) < 4.78 is 5.01. The summed E-state index contributed by atoms with van der Waals surface area (Å²) in [6, 6.07) is 3.93. The van der Waals surface area contributed by atoms with Crippen LogP contribution in [0.25, 0.3) is 0 Å². The first-order valence-electron chi connectivity index (χ1n) is 8.06. The third kappa shape index (κ3) is 5.03. The van der Waals surface area contributed by atoms with Crippen molar-refractivity contribution < 1.29 is 14.3 Å². The van der Waals surface area contributed by atoms with E-state index in [1.54, 1.807) is 18.2 Å². The number of amides is 2. The Morgan fingerprint density at radius 1 is 1.52 bits per heavy atom. The van der Waals surface area contributed by atoms with Gasteiger partial charge >= 0.3 is 0 Å². The van der Waals surface area contributed by atoms with Gasteiger partial charge in [-0.25, -0.2) is 0 Å². The molecule has 1 atom stereocenters. The Hall–Kier alpha value is -1.95. The number of nitrogens with zero attached hydrogens (tertiary/aromatic N) is 2. The van der Waals surface area contributed by atoms with Crippen molar-refractivity contribution in [1.29, 1.82) is 0 Å². The molecule has 0 spiro atoms. The van der Waals surface area contributed by atoms with Crippen molar-refractivity contribution in [3.8, 4) is 0 Å². The highest BCUT2D eigenvalue weighted by atomic mass is 16.5. The van der Waals surface area contributed by atoms with E-state index in [0.717, 1.165) is 17.7 Å². The third-order valence-electron chi connectivity index (χ3n) is 4.22. The van der Waals surface area contributed by atoms with Crippen molar-refractivity contribution in [3.63, 3.8) is 0 Å². The molecule has 126 valence electrons. The van der Waals surface area contributed by atoms with Gasteiger partial charge in [0.1, 0.15) is 0 Å². The van der Waals surface area contributed by atoms with E-state index in [1.165, 1.54) is 0 Å². The first kappa shape index (κ1) is 17.4. The summed E-state index contributed by atoms with van der Waals surface area (Å²) in [5.74, 6) is -0.00176. The summed E-state index contributed by atoms with van der Waals surface area (Å²) in [5, 5.41) is 2.97. The molecular weight excluding hydrogens is 294 g/mol. The number of hydrogen-bond donors (Lipinski definition) is 1. The van der Waals surface area contributed by atoms with Crippen LogP contribution in [-0.2, 0) is 20.7 Å². The quantitative estimate of drug-likeness (QED) is 0.812. The van der Waals surface area contributed by atoms with Gasteiger partial charge in [-0.1, -0.05) is 6.07 Å². The fraction of sp³-hybridized carbons (Fsp3) is 0.588. The Balaban J connectivity index is 1.79. The summed E-state index contributed by atoms with van der Waals surface area (Å²) in [6.45, 7) is 4.12. The Morgan fingerprint density at radius 2 is 2.35 bits per heavy atom. The molecule has 1 aromatic rings. The van der Waals surface area contributed by atoms with Gasteiger partial charge in [-0.05, 0) is 25.0 Å². The number of aromatic nitrogens is 1.